The van der Waals surface area contributed by atoms with Crippen molar-refractivity contribution < 1.29 is 19.4 Å². The summed E-state index contributed by atoms with van der Waals surface area (Å²) >= 11 is 8.67. The molecule has 1 aromatic heterocycles. The molecule has 0 radical (unpaired) electrons. The number of thioether (sulfide) groups is 1. The number of ketones is 1. The third-order valence-electron chi connectivity index (χ3n) is 6.04. The summed E-state index contributed by atoms with van der Waals surface area (Å²) in [6, 6.07) is 22.6. The molecule has 1 N–H and O–H groups in total. The van der Waals surface area contributed by atoms with Crippen molar-refractivity contribution in [1.82, 2.24) is 10.2 Å². The number of carbonyl (C=O) groups is 2. The average Bonchev–Trinajstić information content (AvgIpc) is 3.54. The molecular formula is C29H24ClN3O4S2. The van der Waals surface area contributed by atoms with Gasteiger partial charge in [0.05, 0.1) is 18.2 Å². The number of Topliss-reactive ketones (excluding diaryl/α,β-unsaturated/α-hetero) is 1. The highest BCUT2D eigenvalue weighted by Crippen LogP contribution is 2.44. The molecule has 4 aromatic rings. The molecule has 3 aromatic carbocycles. The maximum absolute atomic E-state index is 13.4. The van der Waals surface area contributed by atoms with Crippen molar-refractivity contribution in [3.05, 3.63) is 106 Å². The maximum atomic E-state index is 13.4. The van der Waals surface area contributed by atoms with E-state index in [0.717, 1.165) is 12.0 Å². The number of hydrogen-bond donors (Lipinski definition) is 1. The number of rotatable bonds is 9. The highest BCUT2D eigenvalue weighted by atomic mass is 35.5. The maximum Gasteiger partial charge on any atom is 0.301 e. The summed E-state index contributed by atoms with van der Waals surface area (Å²) in [6.45, 7) is 2.59. The topological polar surface area (TPSA) is 92.6 Å². The molecule has 39 heavy (non-hydrogen) atoms. The van der Waals surface area contributed by atoms with Crippen molar-refractivity contribution in [3.63, 3.8) is 0 Å². The first-order valence-corrected chi connectivity index (χ1v) is 14.4. The molecule has 7 nitrogen and oxygen atoms in total. The summed E-state index contributed by atoms with van der Waals surface area (Å²) in [5.41, 5.74) is 2.15. The van der Waals surface area contributed by atoms with Crippen LogP contribution >= 0.6 is 34.7 Å². The Kier molecular flexibility index (Phi) is 8.30. The van der Waals surface area contributed by atoms with E-state index in [-0.39, 0.29) is 16.5 Å². The SMILES string of the molecule is CCCOc1ccc(/C(O)=C2/C(=O)C(=O)N(c3nnc(SCc4ccc(Cl)cc4)s3)C2c2ccccc2)cc1. The van der Waals surface area contributed by atoms with Crippen LogP contribution in [0.4, 0.5) is 5.13 Å². The molecule has 1 atom stereocenters. The second-order valence-electron chi connectivity index (χ2n) is 8.72. The Bertz CT molecular complexity index is 1510. The Morgan fingerprint density at radius 3 is 2.44 bits per heavy atom. The Morgan fingerprint density at radius 1 is 1.03 bits per heavy atom. The zero-order valence-corrected chi connectivity index (χ0v) is 23.3. The third kappa shape index (κ3) is 5.85. The summed E-state index contributed by atoms with van der Waals surface area (Å²) in [4.78, 5) is 28.0. The number of amides is 1. The molecule has 2 heterocycles. The Hall–Kier alpha value is -3.66. The van der Waals surface area contributed by atoms with Gasteiger partial charge in [0.25, 0.3) is 5.78 Å². The second kappa shape index (κ2) is 12.0. The Labute approximate surface area is 239 Å². The number of hydrogen-bond acceptors (Lipinski definition) is 8. The van der Waals surface area contributed by atoms with Crippen LogP contribution in [0.3, 0.4) is 0 Å². The zero-order chi connectivity index (χ0) is 27.4. The molecule has 1 amide bonds. The van der Waals surface area contributed by atoms with E-state index >= 15 is 0 Å². The zero-order valence-electron chi connectivity index (χ0n) is 20.9. The van der Waals surface area contributed by atoms with E-state index in [2.05, 4.69) is 10.2 Å². The Balaban J connectivity index is 1.48. The number of ether oxygens (including phenoxy) is 1. The lowest BCUT2D eigenvalue weighted by Crippen LogP contribution is -2.29. The minimum atomic E-state index is -0.857. The smallest absolute Gasteiger partial charge is 0.301 e. The highest BCUT2D eigenvalue weighted by Gasteiger charge is 2.48. The standard InChI is InChI=1S/C29H24ClN3O4S2/c1-2-16-37-22-14-10-20(11-15-22)25(34)23-24(19-6-4-3-5-7-19)33(27(36)26(23)35)28-31-32-29(39-28)38-17-18-8-12-21(30)13-9-18/h3-15,24,34H,2,16-17H2,1H3/b25-23-. The summed E-state index contributed by atoms with van der Waals surface area (Å²) < 4.78 is 6.28. The number of halogens is 1. The monoisotopic (exact) mass is 577 g/mol. The molecule has 1 fully saturated rings. The quantitative estimate of drug-likeness (QED) is 0.0760. The van der Waals surface area contributed by atoms with Gasteiger partial charge in [-0.2, -0.15) is 0 Å². The fourth-order valence-corrected chi connectivity index (χ4v) is 6.10. The van der Waals surface area contributed by atoms with E-state index in [0.29, 0.717) is 38.6 Å². The van der Waals surface area contributed by atoms with Gasteiger partial charge in [-0.25, -0.2) is 0 Å². The van der Waals surface area contributed by atoms with Gasteiger partial charge >= 0.3 is 5.91 Å². The van der Waals surface area contributed by atoms with Crippen molar-refractivity contribution in [1.29, 1.82) is 0 Å². The van der Waals surface area contributed by atoms with E-state index in [1.54, 1.807) is 24.3 Å². The van der Waals surface area contributed by atoms with E-state index in [4.69, 9.17) is 16.3 Å². The second-order valence-corrected chi connectivity index (χ2v) is 11.3. The molecule has 1 unspecified atom stereocenters. The van der Waals surface area contributed by atoms with Crippen molar-refractivity contribution in [3.8, 4) is 5.75 Å². The lowest BCUT2D eigenvalue weighted by molar-refractivity contribution is -0.132. The van der Waals surface area contributed by atoms with Crippen LogP contribution in [-0.4, -0.2) is 33.6 Å². The number of aliphatic hydroxyl groups is 1. The van der Waals surface area contributed by atoms with Crippen molar-refractivity contribution >= 4 is 57.3 Å². The van der Waals surface area contributed by atoms with Crippen LogP contribution in [-0.2, 0) is 15.3 Å². The molecule has 198 valence electrons. The van der Waals surface area contributed by atoms with Gasteiger partial charge in [0, 0.05) is 16.3 Å². The fourth-order valence-electron chi connectivity index (χ4n) is 4.15. The van der Waals surface area contributed by atoms with Crippen LogP contribution in [0.2, 0.25) is 5.02 Å². The van der Waals surface area contributed by atoms with Crippen LogP contribution in [0.25, 0.3) is 5.76 Å². The molecule has 1 saturated heterocycles. The molecule has 0 saturated carbocycles. The van der Waals surface area contributed by atoms with Crippen LogP contribution in [0, 0.1) is 0 Å². The molecule has 1 aliphatic heterocycles. The number of aromatic nitrogens is 2. The van der Waals surface area contributed by atoms with E-state index in [1.807, 2.05) is 61.5 Å². The van der Waals surface area contributed by atoms with Gasteiger partial charge in [-0.15, -0.1) is 10.2 Å². The first kappa shape index (κ1) is 26.9. The van der Waals surface area contributed by atoms with Crippen molar-refractivity contribution in [2.45, 2.75) is 29.5 Å². The van der Waals surface area contributed by atoms with Gasteiger partial charge in [-0.3, -0.25) is 14.5 Å². The predicted octanol–water partition coefficient (Wildman–Crippen LogP) is 6.90. The number of benzene rings is 3. The molecule has 10 heteroatoms. The van der Waals surface area contributed by atoms with Crippen molar-refractivity contribution in [2.75, 3.05) is 11.5 Å². The minimum absolute atomic E-state index is 0.000932. The van der Waals surface area contributed by atoms with E-state index in [1.165, 1.54) is 28.0 Å². The summed E-state index contributed by atoms with van der Waals surface area (Å²) in [5.74, 6) is -0.499. The van der Waals surface area contributed by atoms with Gasteiger partial charge in [0.2, 0.25) is 5.13 Å². The summed E-state index contributed by atoms with van der Waals surface area (Å²) in [5, 5.41) is 20.8. The molecule has 0 spiro atoms. The molecular weight excluding hydrogens is 554 g/mol. The minimum Gasteiger partial charge on any atom is -0.507 e. The summed E-state index contributed by atoms with van der Waals surface area (Å²) in [7, 11) is 0. The lowest BCUT2D eigenvalue weighted by Gasteiger charge is -2.22. The molecule has 5 rings (SSSR count). The molecule has 0 bridgehead atoms. The largest absolute Gasteiger partial charge is 0.507 e. The highest BCUT2D eigenvalue weighted by molar-refractivity contribution is 8.00. The van der Waals surface area contributed by atoms with Crippen LogP contribution in [0.5, 0.6) is 5.75 Å². The number of aliphatic hydroxyl groups excluding tert-OH is 1. The predicted molar refractivity (Wildman–Crippen MR) is 154 cm³/mol. The molecule has 0 aliphatic carbocycles. The molecule has 1 aliphatic rings. The average molecular weight is 578 g/mol. The van der Waals surface area contributed by atoms with E-state index in [9.17, 15) is 14.7 Å². The van der Waals surface area contributed by atoms with Gasteiger partial charge in [-0.05, 0) is 53.9 Å². The van der Waals surface area contributed by atoms with Gasteiger partial charge in [-0.1, -0.05) is 84.1 Å². The van der Waals surface area contributed by atoms with Crippen LogP contribution < -0.4 is 9.64 Å². The van der Waals surface area contributed by atoms with Crippen molar-refractivity contribution in [2.24, 2.45) is 0 Å². The lowest BCUT2D eigenvalue weighted by atomic mass is 9.95. The van der Waals surface area contributed by atoms with Gasteiger partial charge in [0.1, 0.15) is 11.5 Å². The summed E-state index contributed by atoms with van der Waals surface area (Å²) in [6.07, 6.45) is 0.870. The first-order valence-electron chi connectivity index (χ1n) is 12.3. The fraction of sp³-hybridized carbons (Fsp3) is 0.172. The number of anilines is 1. The number of nitrogens with zero attached hydrogens (tertiary/aromatic N) is 3. The van der Waals surface area contributed by atoms with Gasteiger partial charge < -0.3 is 9.84 Å². The van der Waals surface area contributed by atoms with E-state index < -0.39 is 17.7 Å². The van der Waals surface area contributed by atoms with Crippen LogP contribution in [0.15, 0.2) is 88.8 Å². The number of carbonyl (C=O) groups excluding carboxylic acids is 2. The Morgan fingerprint density at radius 2 is 1.74 bits per heavy atom. The normalized spacial score (nSPS) is 16.6. The van der Waals surface area contributed by atoms with Gasteiger partial charge in [0.15, 0.2) is 4.34 Å². The van der Waals surface area contributed by atoms with Crippen LogP contribution in [0.1, 0.15) is 36.1 Å². The third-order valence-corrected chi connectivity index (χ3v) is 8.42. The first-order chi connectivity index (χ1) is 19.0.